The molecule has 4 aromatic rings. The van der Waals surface area contributed by atoms with Crippen LogP contribution in [0.4, 0.5) is 5.69 Å². The van der Waals surface area contributed by atoms with Gasteiger partial charge in [0.2, 0.25) is 0 Å². The third-order valence-corrected chi connectivity index (χ3v) is 4.61. The van der Waals surface area contributed by atoms with E-state index in [9.17, 15) is 0 Å². The largest absolute Gasteiger partial charge is 0.399 e. The van der Waals surface area contributed by atoms with Crippen LogP contribution in [-0.4, -0.2) is 0 Å². The molecule has 0 fully saturated rings. The van der Waals surface area contributed by atoms with Gasteiger partial charge in [-0.15, -0.1) is 0 Å². The Hall–Kier alpha value is -3.32. The molecule has 1 heteroatoms. The highest BCUT2D eigenvalue weighted by Crippen LogP contribution is 2.24. The topological polar surface area (TPSA) is 26.0 Å². The van der Waals surface area contributed by atoms with Crippen LogP contribution < -0.4 is 5.73 Å². The zero-order valence-corrected chi connectivity index (χ0v) is 14.6. The fourth-order valence-corrected chi connectivity index (χ4v) is 3.26. The first-order chi connectivity index (χ1) is 12.8. The van der Waals surface area contributed by atoms with Gasteiger partial charge < -0.3 is 5.73 Å². The van der Waals surface area contributed by atoms with Gasteiger partial charge in [-0.1, -0.05) is 91.0 Å². The van der Waals surface area contributed by atoms with Crippen LogP contribution in [0, 0.1) is 0 Å². The van der Waals surface area contributed by atoms with E-state index in [4.69, 9.17) is 5.73 Å². The monoisotopic (exact) mass is 335 g/mol. The maximum absolute atomic E-state index is 5.80. The minimum Gasteiger partial charge on any atom is -0.399 e. The fourth-order valence-electron chi connectivity index (χ4n) is 3.26. The highest BCUT2D eigenvalue weighted by Gasteiger charge is 2.03. The van der Waals surface area contributed by atoms with Crippen LogP contribution in [0.15, 0.2) is 103 Å². The van der Waals surface area contributed by atoms with E-state index in [1.165, 1.54) is 33.4 Å². The van der Waals surface area contributed by atoms with E-state index in [1.54, 1.807) is 0 Å². The summed E-state index contributed by atoms with van der Waals surface area (Å²) in [6, 6.07) is 36.1. The van der Waals surface area contributed by atoms with Crippen LogP contribution >= 0.6 is 0 Å². The predicted molar refractivity (Wildman–Crippen MR) is 111 cm³/mol. The summed E-state index contributed by atoms with van der Waals surface area (Å²) in [4.78, 5) is 0. The van der Waals surface area contributed by atoms with Gasteiger partial charge in [0, 0.05) is 5.69 Å². The summed E-state index contributed by atoms with van der Waals surface area (Å²) in [5, 5.41) is 0. The molecule has 126 valence electrons. The first-order valence-corrected chi connectivity index (χ1v) is 8.87. The van der Waals surface area contributed by atoms with Crippen molar-refractivity contribution < 1.29 is 0 Å². The number of nitrogens with two attached hydrogens (primary N) is 1. The Morgan fingerprint density at radius 3 is 1.54 bits per heavy atom. The molecular weight excluding hydrogens is 314 g/mol. The zero-order valence-electron chi connectivity index (χ0n) is 14.6. The van der Waals surface area contributed by atoms with Crippen molar-refractivity contribution in [2.45, 2.75) is 6.42 Å². The Bertz CT molecular complexity index is 1000. The van der Waals surface area contributed by atoms with Crippen LogP contribution in [-0.2, 0) is 6.42 Å². The lowest BCUT2D eigenvalue weighted by Crippen LogP contribution is -1.90. The molecule has 4 rings (SSSR count). The predicted octanol–water partition coefficient (Wildman–Crippen LogP) is 6.19. The van der Waals surface area contributed by atoms with Crippen molar-refractivity contribution in [3.8, 4) is 22.3 Å². The maximum Gasteiger partial charge on any atom is 0.0314 e. The minimum absolute atomic E-state index is 0.794. The van der Waals surface area contributed by atoms with Crippen molar-refractivity contribution in [2.24, 2.45) is 0 Å². The van der Waals surface area contributed by atoms with Gasteiger partial charge in [0.1, 0.15) is 0 Å². The Morgan fingerprint density at radius 1 is 0.462 bits per heavy atom. The second kappa shape index (κ2) is 7.28. The summed E-state index contributed by atoms with van der Waals surface area (Å²) in [5.74, 6) is 0. The quantitative estimate of drug-likeness (QED) is 0.442. The molecule has 0 amide bonds. The summed E-state index contributed by atoms with van der Waals surface area (Å²) in [7, 11) is 0. The zero-order chi connectivity index (χ0) is 17.8. The van der Waals surface area contributed by atoms with Crippen molar-refractivity contribution in [3.63, 3.8) is 0 Å². The molecule has 0 saturated heterocycles. The average molecular weight is 335 g/mol. The number of hydrogen-bond acceptors (Lipinski definition) is 1. The molecule has 0 aliphatic carbocycles. The molecule has 0 bridgehead atoms. The van der Waals surface area contributed by atoms with Crippen LogP contribution in [0.3, 0.4) is 0 Å². The van der Waals surface area contributed by atoms with E-state index in [0.717, 1.165) is 12.1 Å². The van der Waals surface area contributed by atoms with Crippen LogP contribution in [0.1, 0.15) is 11.1 Å². The van der Waals surface area contributed by atoms with E-state index < -0.39 is 0 Å². The number of hydrogen-bond donors (Lipinski definition) is 1. The molecule has 26 heavy (non-hydrogen) atoms. The molecule has 0 saturated carbocycles. The first-order valence-electron chi connectivity index (χ1n) is 8.87. The molecule has 2 N–H and O–H groups in total. The van der Waals surface area contributed by atoms with Gasteiger partial charge >= 0.3 is 0 Å². The van der Waals surface area contributed by atoms with Gasteiger partial charge in [-0.2, -0.15) is 0 Å². The molecule has 0 aromatic heterocycles. The van der Waals surface area contributed by atoms with Crippen molar-refractivity contribution in [1.82, 2.24) is 0 Å². The smallest absolute Gasteiger partial charge is 0.0314 e. The van der Waals surface area contributed by atoms with Gasteiger partial charge in [0.15, 0.2) is 0 Å². The van der Waals surface area contributed by atoms with E-state index in [0.29, 0.717) is 0 Å². The highest BCUT2D eigenvalue weighted by atomic mass is 14.5. The lowest BCUT2D eigenvalue weighted by molar-refractivity contribution is 1.19. The third-order valence-electron chi connectivity index (χ3n) is 4.61. The van der Waals surface area contributed by atoms with Crippen LogP contribution in [0.2, 0.25) is 0 Å². The SMILES string of the molecule is Nc1ccc(-c2cccc(Cc3cccc(-c4ccccc4)c3)c2)cc1. The number of anilines is 1. The number of benzene rings is 4. The summed E-state index contributed by atoms with van der Waals surface area (Å²) >= 11 is 0. The van der Waals surface area contributed by atoms with Gasteiger partial charge in [-0.3, -0.25) is 0 Å². The third kappa shape index (κ3) is 3.68. The van der Waals surface area contributed by atoms with E-state index in [2.05, 4.69) is 91.0 Å². The van der Waals surface area contributed by atoms with Crippen molar-refractivity contribution in [2.75, 3.05) is 5.73 Å². The van der Waals surface area contributed by atoms with Crippen LogP contribution in [0.25, 0.3) is 22.3 Å². The molecule has 0 unspecified atom stereocenters. The summed E-state index contributed by atoms with van der Waals surface area (Å²) in [5.41, 5.74) is 14.2. The molecular formula is C25H21N. The fraction of sp³-hybridized carbons (Fsp3) is 0.0400. The molecule has 0 radical (unpaired) electrons. The average Bonchev–Trinajstić information content (AvgIpc) is 2.70. The van der Waals surface area contributed by atoms with Gasteiger partial charge in [-0.25, -0.2) is 0 Å². The van der Waals surface area contributed by atoms with Crippen molar-refractivity contribution >= 4 is 5.69 Å². The second-order valence-electron chi connectivity index (χ2n) is 6.57. The normalized spacial score (nSPS) is 10.6. The Kier molecular flexibility index (Phi) is 4.53. The summed E-state index contributed by atoms with van der Waals surface area (Å²) in [6.45, 7) is 0. The molecule has 4 aromatic carbocycles. The lowest BCUT2D eigenvalue weighted by Gasteiger charge is -2.08. The Labute approximate surface area is 154 Å². The molecule has 0 aliphatic heterocycles. The highest BCUT2D eigenvalue weighted by molar-refractivity contribution is 5.67. The van der Waals surface area contributed by atoms with Gasteiger partial charge in [0.25, 0.3) is 0 Å². The lowest BCUT2D eigenvalue weighted by atomic mass is 9.97. The molecule has 0 aliphatic rings. The molecule has 0 atom stereocenters. The van der Waals surface area contributed by atoms with E-state index in [1.807, 2.05) is 12.1 Å². The van der Waals surface area contributed by atoms with Crippen molar-refractivity contribution in [3.05, 3.63) is 114 Å². The molecule has 0 spiro atoms. The molecule has 0 heterocycles. The Morgan fingerprint density at radius 2 is 0.962 bits per heavy atom. The van der Waals surface area contributed by atoms with E-state index in [-0.39, 0.29) is 0 Å². The van der Waals surface area contributed by atoms with E-state index >= 15 is 0 Å². The number of rotatable bonds is 4. The van der Waals surface area contributed by atoms with Gasteiger partial charge in [-0.05, 0) is 51.9 Å². The number of nitrogen functional groups attached to an aromatic ring is 1. The second-order valence-corrected chi connectivity index (χ2v) is 6.57. The maximum atomic E-state index is 5.80. The van der Waals surface area contributed by atoms with Crippen molar-refractivity contribution in [1.29, 1.82) is 0 Å². The standard InChI is InChI=1S/C25H21N/c26-25-14-12-22(13-15-25)24-11-5-7-20(18-24)16-19-6-4-10-23(17-19)21-8-2-1-3-9-21/h1-15,17-18H,16,26H2. The minimum atomic E-state index is 0.794. The van der Waals surface area contributed by atoms with Gasteiger partial charge in [0.05, 0.1) is 0 Å². The molecule has 1 nitrogen and oxygen atoms in total. The first kappa shape index (κ1) is 16.2. The summed E-state index contributed by atoms with van der Waals surface area (Å²) in [6.07, 6.45) is 0.920. The summed E-state index contributed by atoms with van der Waals surface area (Å²) < 4.78 is 0. The Balaban J connectivity index is 1.60. The van der Waals surface area contributed by atoms with Crippen LogP contribution in [0.5, 0.6) is 0 Å².